The molecule has 3 fully saturated rings. The summed E-state index contributed by atoms with van der Waals surface area (Å²) < 4.78 is 0. The predicted octanol–water partition coefficient (Wildman–Crippen LogP) is 2.21. The highest BCUT2D eigenvalue weighted by molar-refractivity contribution is 5.20. The quantitative estimate of drug-likeness (QED) is 0.883. The maximum Gasteiger partial charge on any atom is 0.0774 e. The molecule has 0 amide bonds. The summed E-state index contributed by atoms with van der Waals surface area (Å²) >= 11 is 0. The van der Waals surface area contributed by atoms with E-state index in [-0.39, 0.29) is 6.10 Å². The van der Waals surface area contributed by atoms with Crippen molar-refractivity contribution in [2.75, 3.05) is 26.2 Å². The van der Waals surface area contributed by atoms with Crippen LogP contribution in [0.4, 0.5) is 0 Å². The molecule has 3 aliphatic rings. The van der Waals surface area contributed by atoms with E-state index < -0.39 is 5.60 Å². The van der Waals surface area contributed by atoms with Crippen molar-refractivity contribution in [2.45, 2.75) is 68.7 Å². The molecule has 4 heteroatoms. The second kappa shape index (κ2) is 6.99. The molecule has 2 saturated heterocycles. The molecular formula is C21H32N2O2. The minimum Gasteiger partial charge on any atom is -0.392 e. The van der Waals surface area contributed by atoms with Crippen LogP contribution in [0.15, 0.2) is 30.3 Å². The van der Waals surface area contributed by atoms with E-state index in [9.17, 15) is 10.2 Å². The Kier molecular flexibility index (Phi) is 4.89. The van der Waals surface area contributed by atoms with Crippen LogP contribution in [0.1, 0.15) is 50.5 Å². The lowest BCUT2D eigenvalue weighted by molar-refractivity contribution is -0.0569. The van der Waals surface area contributed by atoms with Crippen LogP contribution in [0.5, 0.6) is 0 Å². The van der Waals surface area contributed by atoms with Crippen molar-refractivity contribution in [2.24, 2.45) is 0 Å². The van der Waals surface area contributed by atoms with Crippen LogP contribution in [0.2, 0.25) is 0 Å². The van der Waals surface area contributed by atoms with Gasteiger partial charge in [0.2, 0.25) is 0 Å². The van der Waals surface area contributed by atoms with E-state index >= 15 is 0 Å². The molecule has 138 valence electrons. The van der Waals surface area contributed by atoms with Crippen LogP contribution in [0.25, 0.3) is 0 Å². The molecule has 25 heavy (non-hydrogen) atoms. The Balaban J connectivity index is 1.35. The van der Waals surface area contributed by atoms with Crippen LogP contribution in [0.3, 0.4) is 0 Å². The van der Waals surface area contributed by atoms with Crippen LogP contribution in [0, 0.1) is 0 Å². The summed E-state index contributed by atoms with van der Waals surface area (Å²) in [7, 11) is 0. The molecule has 0 bridgehead atoms. The first-order chi connectivity index (χ1) is 12.0. The third-order valence-electron chi connectivity index (χ3n) is 6.76. The summed E-state index contributed by atoms with van der Waals surface area (Å²) in [6, 6.07) is 11.7. The Morgan fingerprint density at radius 3 is 2.52 bits per heavy atom. The van der Waals surface area contributed by atoms with Gasteiger partial charge in [-0.25, -0.2) is 0 Å². The van der Waals surface area contributed by atoms with Crippen LogP contribution in [-0.4, -0.2) is 70.0 Å². The third-order valence-corrected chi connectivity index (χ3v) is 6.76. The van der Waals surface area contributed by atoms with Gasteiger partial charge < -0.3 is 10.2 Å². The summed E-state index contributed by atoms with van der Waals surface area (Å²) in [5.41, 5.74) is 0.880. The third kappa shape index (κ3) is 3.77. The SMILES string of the molecule is C[C@H]1CN2C[C@H](O)C[C@@H]2CN1CC1(O)CCC(c2ccccc2)CC1. The lowest BCUT2D eigenvalue weighted by Crippen LogP contribution is -2.58. The van der Waals surface area contributed by atoms with Gasteiger partial charge in [-0.3, -0.25) is 9.80 Å². The Bertz CT molecular complexity index is 571. The largest absolute Gasteiger partial charge is 0.392 e. The van der Waals surface area contributed by atoms with Crippen molar-refractivity contribution in [3.8, 4) is 0 Å². The summed E-state index contributed by atoms with van der Waals surface area (Å²) in [6.07, 6.45) is 4.67. The number of rotatable bonds is 3. The number of piperazine rings is 1. The molecule has 4 rings (SSSR count). The first kappa shape index (κ1) is 17.5. The molecule has 0 aromatic heterocycles. The molecular weight excluding hydrogens is 312 g/mol. The molecule has 0 radical (unpaired) electrons. The van der Waals surface area contributed by atoms with Gasteiger partial charge >= 0.3 is 0 Å². The highest BCUT2D eigenvalue weighted by Crippen LogP contribution is 2.39. The molecule has 1 aromatic rings. The zero-order chi connectivity index (χ0) is 17.4. The molecule has 2 heterocycles. The van der Waals surface area contributed by atoms with E-state index in [2.05, 4.69) is 47.1 Å². The number of β-amino-alcohol motifs (C(OH)–C–C–N with tert-alkyl or cyclic N) is 1. The van der Waals surface area contributed by atoms with E-state index in [0.717, 1.165) is 58.3 Å². The predicted molar refractivity (Wildman–Crippen MR) is 99.6 cm³/mol. The van der Waals surface area contributed by atoms with Crippen LogP contribution < -0.4 is 0 Å². The van der Waals surface area contributed by atoms with Crippen molar-refractivity contribution in [1.82, 2.24) is 9.80 Å². The maximum absolute atomic E-state index is 11.2. The number of fused-ring (bicyclic) bond motifs is 1. The number of nitrogens with zero attached hydrogens (tertiary/aromatic N) is 2. The van der Waals surface area contributed by atoms with Crippen LogP contribution >= 0.6 is 0 Å². The number of benzene rings is 1. The highest BCUT2D eigenvalue weighted by Gasteiger charge is 2.42. The van der Waals surface area contributed by atoms with Crippen molar-refractivity contribution in [3.05, 3.63) is 35.9 Å². The summed E-state index contributed by atoms with van der Waals surface area (Å²) in [4.78, 5) is 4.91. The van der Waals surface area contributed by atoms with Gasteiger partial charge in [-0.05, 0) is 50.5 Å². The van der Waals surface area contributed by atoms with Crippen molar-refractivity contribution >= 4 is 0 Å². The van der Waals surface area contributed by atoms with Crippen molar-refractivity contribution < 1.29 is 10.2 Å². The first-order valence-electron chi connectivity index (χ1n) is 9.96. The Morgan fingerprint density at radius 2 is 1.80 bits per heavy atom. The van der Waals surface area contributed by atoms with Gasteiger partial charge in [-0.1, -0.05) is 30.3 Å². The molecule has 2 N–H and O–H groups in total. The fourth-order valence-corrected chi connectivity index (χ4v) is 5.25. The summed E-state index contributed by atoms with van der Waals surface area (Å²) in [5.74, 6) is 0.598. The standard InChI is InChI=1S/C21H32N2O2/c1-16-12-22-14-20(24)11-19(22)13-23(16)15-21(25)9-7-18(8-10-21)17-5-3-2-4-6-17/h2-6,16,18-20,24-25H,7-15H2,1H3/t16-,18?,19+,20+,21?/m0/s1. The van der Waals surface area contributed by atoms with Crippen molar-refractivity contribution in [3.63, 3.8) is 0 Å². The van der Waals surface area contributed by atoms with Gasteiger partial charge in [-0.2, -0.15) is 0 Å². The summed E-state index contributed by atoms with van der Waals surface area (Å²) in [6.45, 7) is 5.88. The fourth-order valence-electron chi connectivity index (χ4n) is 5.25. The molecule has 0 spiro atoms. The zero-order valence-corrected chi connectivity index (χ0v) is 15.3. The highest BCUT2D eigenvalue weighted by atomic mass is 16.3. The Morgan fingerprint density at radius 1 is 1.08 bits per heavy atom. The molecule has 0 unspecified atom stereocenters. The molecule has 1 saturated carbocycles. The molecule has 4 nitrogen and oxygen atoms in total. The Hall–Kier alpha value is -0.940. The average Bonchev–Trinajstić information content (AvgIpc) is 2.95. The first-order valence-corrected chi connectivity index (χ1v) is 9.96. The normalized spacial score (nSPS) is 40.1. The van der Waals surface area contributed by atoms with E-state index in [0.29, 0.717) is 18.0 Å². The zero-order valence-electron chi connectivity index (χ0n) is 15.3. The maximum atomic E-state index is 11.2. The molecule has 1 aliphatic carbocycles. The van der Waals surface area contributed by atoms with Gasteiger partial charge in [0, 0.05) is 38.3 Å². The second-order valence-corrected chi connectivity index (χ2v) is 8.69. The smallest absolute Gasteiger partial charge is 0.0774 e. The van der Waals surface area contributed by atoms with E-state index in [1.165, 1.54) is 5.56 Å². The van der Waals surface area contributed by atoms with E-state index in [1.54, 1.807) is 0 Å². The minimum absolute atomic E-state index is 0.165. The number of aliphatic hydroxyl groups is 2. The topological polar surface area (TPSA) is 46.9 Å². The van der Waals surface area contributed by atoms with Gasteiger partial charge in [-0.15, -0.1) is 0 Å². The average molecular weight is 344 g/mol. The van der Waals surface area contributed by atoms with Gasteiger partial charge in [0.15, 0.2) is 0 Å². The number of aliphatic hydroxyl groups excluding tert-OH is 1. The van der Waals surface area contributed by atoms with Gasteiger partial charge in [0.1, 0.15) is 0 Å². The number of hydrogen-bond acceptors (Lipinski definition) is 4. The molecule has 3 atom stereocenters. The lowest BCUT2D eigenvalue weighted by Gasteiger charge is -2.46. The van der Waals surface area contributed by atoms with Gasteiger partial charge in [0.25, 0.3) is 0 Å². The van der Waals surface area contributed by atoms with Crippen molar-refractivity contribution in [1.29, 1.82) is 0 Å². The molecule has 2 aliphatic heterocycles. The fraction of sp³-hybridized carbons (Fsp3) is 0.714. The minimum atomic E-state index is -0.543. The Labute approximate surface area is 151 Å². The number of hydrogen-bond donors (Lipinski definition) is 2. The second-order valence-electron chi connectivity index (χ2n) is 8.69. The monoisotopic (exact) mass is 344 g/mol. The van der Waals surface area contributed by atoms with E-state index in [1.807, 2.05) is 0 Å². The van der Waals surface area contributed by atoms with E-state index in [4.69, 9.17) is 0 Å². The summed E-state index contributed by atoms with van der Waals surface area (Å²) in [5, 5.41) is 21.1. The molecule has 1 aromatic carbocycles. The van der Waals surface area contributed by atoms with Crippen LogP contribution in [-0.2, 0) is 0 Å². The lowest BCUT2D eigenvalue weighted by atomic mass is 9.75. The van der Waals surface area contributed by atoms with Gasteiger partial charge in [0.05, 0.1) is 11.7 Å².